The molecule has 2 aliphatic heterocycles. The quantitative estimate of drug-likeness (QED) is 0.634. The Bertz CT molecular complexity index is 836. The van der Waals surface area contributed by atoms with Crippen molar-refractivity contribution in [3.05, 3.63) is 24.0 Å². The SMILES string of the molecule is COCC(=O)NC[C@H]1CN(c2ccc(N3C[C@H](CNC(C)=O)OC3=O)cc2F)C[C@@H]1C. The van der Waals surface area contributed by atoms with Gasteiger partial charge in [0, 0.05) is 33.7 Å². The van der Waals surface area contributed by atoms with Crippen LogP contribution in [0.2, 0.25) is 0 Å². The van der Waals surface area contributed by atoms with Crippen LogP contribution in [0, 0.1) is 17.7 Å². The number of anilines is 2. The minimum Gasteiger partial charge on any atom is -0.442 e. The van der Waals surface area contributed by atoms with E-state index in [-0.39, 0.29) is 43.3 Å². The van der Waals surface area contributed by atoms with Gasteiger partial charge in [0.05, 0.1) is 24.5 Å². The highest BCUT2D eigenvalue weighted by Crippen LogP contribution is 2.32. The highest BCUT2D eigenvalue weighted by molar-refractivity contribution is 5.90. The number of ether oxygens (including phenoxy) is 2. The summed E-state index contributed by atoms with van der Waals surface area (Å²) >= 11 is 0. The second-order valence-electron chi connectivity index (χ2n) is 8.07. The Hall–Kier alpha value is -2.88. The van der Waals surface area contributed by atoms with Gasteiger partial charge in [-0.2, -0.15) is 0 Å². The lowest BCUT2D eigenvalue weighted by Gasteiger charge is -2.21. The third kappa shape index (κ3) is 5.63. The molecule has 10 heteroatoms. The van der Waals surface area contributed by atoms with Crippen LogP contribution in [0.15, 0.2) is 18.2 Å². The lowest BCUT2D eigenvalue weighted by atomic mass is 9.98. The van der Waals surface area contributed by atoms with E-state index < -0.39 is 18.0 Å². The number of nitrogens with one attached hydrogen (secondary N) is 2. The van der Waals surface area contributed by atoms with E-state index in [0.717, 1.165) is 0 Å². The minimum atomic E-state index is -0.566. The lowest BCUT2D eigenvalue weighted by molar-refractivity contribution is -0.125. The summed E-state index contributed by atoms with van der Waals surface area (Å²) in [7, 11) is 1.47. The second kappa shape index (κ2) is 9.95. The summed E-state index contributed by atoms with van der Waals surface area (Å²) in [6, 6.07) is 4.69. The number of carbonyl (C=O) groups excluding carboxylic acids is 3. The fourth-order valence-corrected chi connectivity index (χ4v) is 3.94. The van der Waals surface area contributed by atoms with Gasteiger partial charge in [-0.25, -0.2) is 9.18 Å². The number of amides is 3. The fraction of sp³-hybridized carbons (Fsp3) is 0.571. The minimum absolute atomic E-state index is 0.0194. The van der Waals surface area contributed by atoms with Crippen LogP contribution in [0.4, 0.5) is 20.6 Å². The van der Waals surface area contributed by atoms with Gasteiger partial charge in [0.1, 0.15) is 18.5 Å². The van der Waals surface area contributed by atoms with Crippen LogP contribution in [0.3, 0.4) is 0 Å². The first-order chi connectivity index (χ1) is 14.8. The van der Waals surface area contributed by atoms with Gasteiger partial charge in [0.15, 0.2) is 0 Å². The molecule has 0 bridgehead atoms. The summed E-state index contributed by atoms with van der Waals surface area (Å²) in [6.45, 7) is 5.74. The van der Waals surface area contributed by atoms with Crippen molar-refractivity contribution < 1.29 is 28.2 Å². The van der Waals surface area contributed by atoms with Gasteiger partial charge >= 0.3 is 6.09 Å². The smallest absolute Gasteiger partial charge is 0.414 e. The summed E-state index contributed by atoms with van der Waals surface area (Å²) in [5.74, 6) is -0.320. The van der Waals surface area contributed by atoms with E-state index in [2.05, 4.69) is 17.6 Å². The van der Waals surface area contributed by atoms with Gasteiger partial charge in [-0.05, 0) is 30.0 Å². The van der Waals surface area contributed by atoms with Crippen LogP contribution in [0.5, 0.6) is 0 Å². The largest absolute Gasteiger partial charge is 0.442 e. The molecular weight excluding hydrogens is 407 g/mol. The topological polar surface area (TPSA) is 100 Å². The van der Waals surface area contributed by atoms with E-state index in [9.17, 15) is 18.8 Å². The Morgan fingerprint density at radius 2 is 2.00 bits per heavy atom. The van der Waals surface area contributed by atoms with Gasteiger partial charge in [-0.1, -0.05) is 6.92 Å². The summed E-state index contributed by atoms with van der Waals surface area (Å²) in [5.41, 5.74) is 0.871. The van der Waals surface area contributed by atoms with Crippen molar-refractivity contribution in [1.29, 1.82) is 0 Å². The Balaban J connectivity index is 1.61. The zero-order valence-electron chi connectivity index (χ0n) is 18.0. The Kier molecular flexibility index (Phi) is 7.32. The zero-order valence-corrected chi connectivity index (χ0v) is 18.0. The molecule has 2 aliphatic rings. The third-order valence-electron chi connectivity index (χ3n) is 5.64. The average Bonchev–Trinajstić information content (AvgIpc) is 3.27. The Morgan fingerprint density at radius 3 is 2.68 bits per heavy atom. The molecule has 1 aromatic carbocycles. The number of carbonyl (C=O) groups is 3. The van der Waals surface area contributed by atoms with Crippen LogP contribution >= 0.6 is 0 Å². The van der Waals surface area contributed by atoms with E-state index >= 15 is 0 Å². The van der Waals surface area contributed by atoms with Crippen LogP contribution in [0.1, 0.15) is 13.8 Å². The summed E-state index contributed by atoms with van der Waals surface area (Å²) in [4.78, 5) is 38.1. The van der Waals surface area contributed by atoms with E-state index in [4.69, 9.17) is 9.47 Å². The third-order valence-corrected chi connectivity index (χ3v) is 5.64. The van der Waals surface area contributed by atoms with Gasteiger partial charge in [-0.15, -0.1) is 0 Å². The highest BCUT2D eigenvalue weighted by Gasteiger charge is 2.34. The standard InChI is InChI=1S/C21H29FN4O5/c1-13-9-25(10-15(13)7-24-20(28)12-30-3)19-5-4-16(6-18(19)22)26-11-17(31-21(26)29)8-23-14(2)27/h4-6,13,15,17H,7-12H2,1-3H3,(H,23,27)(H,24,28)/t13-,15-,17-/m0/s1. The highest BCUT2D eigenvalue weighted by atomic mass is 19.1. The first-order valence-corrected chi connectivity index (χ1v) is 10.3. The maximum Gasteiger partial charge on any atom is 0.414 e. The average molecular weight is 436 g/mol. The normalized spacial score (nSPS) is 23.1. The van der Waals surface area contributed by atoms with Crippen molar-refractivity contribution in [3.63, 3.8) is 0 Å². The van der Waals surface area contributed by atoms with Crippen LogP contribution in [-0.2, 0) is 19.1 Å². The molecule has 3 rings (SSSR count). The summed E-state index contributed by atoms with van der Waals surface area (Å²) in [6.07, 6.45) is -1.04. The van der Waals surface area contributed by atoms with Crippen molar-refractivity contribution in [3.8, 4) is 0 Å². The van der Waals surface area contributed by atoms with Crippen molar-refractivity contribution in [2.24, 2.45) is 11.8 Å². The molecule has 0 saturated carbocycles. The van der Waals surface area contributed by atoms with Crippen LogP contribution < -0.4 is 20.4 Å². The Labute approximate surface area is 180 Å². The molecule has 1 aromatic rings. The molecule has 0 spiro atoms. The van der Waals surface area contributed by atoms with E-state index in [1.54, 1.807) is 12.1 Å². The number of nitrogens with zero attached hydrogens (tertiary/aromatic N) is 2. The summed E-state index contributed by atoms with van der Waals surface area (Å²) in [5, 5.41) is 5.46. The molecule has 170 valence electrons. The number of cyclic esters (lactones) is 1. The van der Waals surface area contributed by atoms with E-state index in [1.807, 2.05) is 4.90 Å². The van der Waals surface area contributed by atoms with Crippen molar-refractivity contribution in [2.75, 3.05) is 56.2 Å². The van der Waals surface area contributed by atoms with E-state index in [0.29, 0.717) is 31.0 Å². The molecule has 0 radical (unpaired) electrons. The first-order valence-electron chi connectivity index (χ1n) is 10.3. The fourth-order valence-electron chi connectivity index (χ4n) is 3.94. The lowest BCUT2D eigenvalue weighted by Crippen LogP contribution is -2.34. The molecule has 2 saturated heterocycles. The van der Waals surface area contributed by atoms with Gasteiger partial charge < -0.3 is 25.0 Å². The second-order valence-corrected chi connectivity index (χ2v) is 8.07. The predicted octanol–water partition coefficient (Wildman–Crippen LogP) is 1.12. The van der Waals surface area contributed by atoms with Gasteiger partial charge in [0.2, 0.25) is 11.8 Å². The molecule has 0 aromatic heterocycles. The first kappa shape index (κ1) is 22.8. The van der Waals surface area contributed by atoms with Gasteiger partial charge in [0.25, 0.3) is 0 Å². The monoisotopic (exact) mass is 436 g/mol. The van der Waals surface area contributed by atoms with Crippen LogP contribution in [0.25, 0.3) is 0 Å². The number of rotatable bonds is 8. The molecule has 0 unspecified atom stereocenters. The van der Waals surface area contributed by atoms with Crippen molar-refractivity contribution >= 4 is 29.3 Å². The number of halogens is 1. The van der Waals surface area contributed by atoms with Gasteiger partial charge in [-0.3, -0.25) is 14.5 Å². The van der Waals surface area contributed by atoms with Crippen molar-refractivity contribution in [2.45, 2.75) is 20.0 Å². The summed E-state index contributed by atoms with van der Waals surface area (Å²) < 4.78 is 25.0. The molecule has 3 amide bonds. The predicted molar refractivity (Wildman–Crippen MR) is 112 cm³/mol. The Morgan fingerprint density at radius 1 is 1.23 bits per heavy atom. The number of methoxy groups -OCH3 is 1. The molecule has 3 atom stereocenters. The molecule has 2 fully saturated rings. The number of hydrogen-bond acceptors (Lipinski definition) is 6. The zero-order chi connectivity index (χ0) is 22.5. The maximum atomic E-state index is 14.9. The number of benzene rings is 1. The molecule has 0 aliphatic carbocycles. The molecular formula is C21H29FN4O5. The molecule has 9 nitrogen and oxygen atoms in total. The van der Waals surface area contributed by atoms with E-state index in [1.165, 1.54) is 25.0 Å². The van der Waals surface area contributed by atoms with Crippen molar-refractivity contribution in [1.82, 2.24) is 10.6 Å². The molecule has 2 N–H and O–H groups in total. The molecule has 31 heavy (non-hydrogen) atoms. The maximum absolute atomic E-state index is 14.9. The number of hydrogen-bond donors (Lipinski definition) is 2. The van der Waals surface area contributed by atoms with Crippen LogP contribution in [-0.4, -0.2) is 70.5 Å². The molecule has 2 heterocycles.